The van der Waals surface area contributed by atoms with Gasteiger partial charge in [0.15, 0.2) is 0 Å². The van der Waals surface area contributed by atoms with Gasteiger partial charge in [0.2, 0.25) is 0 Å². The van der Waals surface area contributed by atoms with Crippen molar-refractivity contribution >= 4 is 0 Å². The van der Waals surface area contributed by atoms with E-state index in [0.717, 1.165) is 5.92 Å². The van der Waals surface area contributed by atoms with Crippen LogP contribution in [0.15, 0.2) is 12.2 Å². The summed E-state index contributed by atoms with van der Waals surface area (Å²) in [4.78, 5) is 0. The van der Waals surface area contributed by atoms with Crippen molar-refractivity contribution in [3.63, 3.8) is 0 Å². The highest BCUT2D eigenvalue weighted by Crippen LogP contribution is 2.58. The minimum atomic E-state index is 0.594. The van der Waals surface area contributed by atoms with Crippen LogP contribution in [0.4, 0.5) is 0 Å². The standard InChI is InChI=1S/C10H15/c1-7-4-9-5-8(7)6-10(9,2)3/h9H,1,4-6H2,2-3H3. The van der Waals surface area contributed by atoms with E-state index < -0.39 is 0 Å². The Kier molecular flexibility index (Phi) is 1.07. The molecule has 0 aromatic rings. The summed E-state index contributed by atoms with van der Waals surface area (Å²) in [5.41, 5.74) is 2.04. The van der Waals surface area contributed by atoms with Gasteiger partial charge in [-0.25, -0.2) is 0 Å². The van der Waals surface area contributed by atoms with Gasteiger partial charge in [0.05, 0.1) is 0 Å². The van der Waals surface area contributed by atoms with Gasteiger partial charge in [-0.1, -0.05) is 26.0 Å². The molecule has 2 aliphatic carbocycles. The SMILES string of the molecule is C=C1CC2C[C]1CC2(C)C. The molecule has 0 heteroatoms. The first-order chi connectivity index (χ1) is 4.59. The van der Waals surface area contributed by atoms with E-state index in [9.17, 15) is 0 Å². The number of allylic oxidation sites excluding steroid dienone is 1. The lowest BCUT2D eigenvalue weighted by atomic mass is 9.75. The molecule has 2 fully saturated rings. The predicted octanol–water partition coefficient (Wildman–Crippen LogP) is 2.96. The third kappa shape index (κ3) is 0.680. The summed E-state index contributed by atoms with van der Waals surface area (Å²) in [6.45, 7) is 8.84. The van der Waals surface area contributed by atoms with Gasteiger partial charge in [-0.3, -0.25) is 0 Å². The zero-order valence-electron chi connectivity index (χ0n) is 6.91. The van der Waals surface area contributed by atoms with Crippen molar-refractivity contribution in [2.45, 2.75) is 33.1 Å². The quantitative estimate of drug-likeness (QED) is 0.479. The van der Waals surface area contributed by atoms with Crippen LogP contribution in [0.25, 0.3) is 0 Å². The Morgan fingerprint density at radius 2 is 2.10 bits per heavy atom. The first-order valence-corrected chi connectivity index (χ1v) is 4.12. The zero-order chi connectivity index (χ0) is 7.35. The Morgan fingerprint density at radius 1 is 1.40 bits per heavy atom. The lowest BCUT2D eigenvalue weighted by molar-refractivity contribution is 0.253. The molecule has 0 amide bonds. The molecule has 10 heavy (non-hydrogen) atoms. The first kappa shape index (κ1) is 6.45. The van der Waals surface area contributed by atoms with Crippen LogP contribution in [0.1, 0.15) is 33.1 Å². The van der Waals surface area contributed by atoms with Crippen molar-refractivity contribution in [1.82, 2.24) is 0 Å². The largest absolute Gasteiger partial charge is 0.0993 e. The van der Waals surface area contributed by atoms with Gasteiger partial charge >= 0.3 is 0 Å². The molecule has 0 spiro atoms. The van der Waals surface area contributed by atoms with Crippen molar-refractivity contribution in [2.75, 3.05) is 0 Å². The third-order valence-electron chi connectivity index (χ3n) is 3.26. The van der Waals surface area contributed by atoms with Gasteiger partial charge in [-0.15, -0.1) is 0 Å². The van der Waals surface area contributed by atoms with E-state index in [-0.39, 0.29) is 0 Å². The predicted molar refractivity (Wildman–Crippen MR) is 43.5 cm³/mol. The van der Waals surface area contributed by atoms with Gasteiger partial charge in [0, 0.05) is 5.92 Å². The fourth-order valence-electron chi connectivity index (χ4n) is 2.40. The Labute approximate surface area is 63.3 Å². The number of hydrogen-bond donors (Lipinski definition) is 0. The summed E-state index contributed by atoms with van der Waals surface area (Å²) >= 11 is 0. The van der Waals surface area contributed by atoms with Crippen molar-refractivity contribution in [2.24, 2.45) is 11.3 Å². The van der Waals surface area contributed by atoms with E-state index in [1.54, 1.807) is 5.92 Å². The fourth-order valence-corrected chi connectivity index (χ4v) is 2.40. The fraction of sp³-hybridized carbons (Fsp3) is 0.700. The van der Waals surface area contributed by atoms with Gasteiger partial charge in [0.1, 0.15) is 0 Å². The van der Waals surface area contributed by atoms with Crippen LogP contribution in [0.3, 0.4) is 0 Å². The van der Waals surface area contributed by atoms with Crippen molar-refractivity contribution in [3.8, 4) is 0 Å². The maximum absolute atomic E-state index is 4.07. The Hall–Kier alpha value is -0.260. The van der Waals surface area contributed by atoms with Gasteiger partial charge in [-0.2, -0.15) is 0 Å². The smallest absolute Gasteiger partial charge is 0.00112 e. The van der Waals surface area contributed by atoms with Crippen molar-refractivity contribution in [3.05, 3.63) is 18.1 Å². The molecule has 2 rings (SSSR count). The van der Waals surface area contributed by atoms with E-state index in [1.165, 1.54) is 24.8 Å². The van der Waals surface area contributed by atoms with E-state index >= 15 is 0 Å². The van der Waals surface area contributed by atoms with E-state index in [1.807, 2.05) is 0 Å². The highest BCUT2D eigenvalue weighted by Gasteiger charge is 2.46. The second-order valence-corrected chi connectivity index (χ2v) is 4.48. The highest BCUT2D eigenvalue weighted by atomic mass is 14.5. The molecule has 0 N–H and O–H groups in total. The van der Waals surface area contributed by atoms with Gasteiger partial charge < -0.3 is 0 Å². The topological polar surface area (TPSA) is 0 Å². The van der Waals surface area contributed by atoms with Gasteiger partial charge in [0.25, 0.3) is 0 Å². The molecule has 0 saturated heterocycles. The Balaban J connectivity index is 2.24. The highest BCUT2D eigenvalue weighted by molar-refractivity contribution is 5.33. The van der Waals surface area contributed by atoms with Crippen molar-refractivity contribution < 1.29 is 0 Å². The van der Waals surface area contributed by atoms with Crippen LogP contribution in [-0.2, 0) is 0 Å². The molecule has 2 aliphatic rings. The lowest BCUT2D eigenvalue weighted by Crippen LogP contribution is -2.19. The molecule has 1 unspecified atom stereocenters. The average Bonchev–Trinajstić information content (AvgIpc) is 2.21. The summed E-state index contributed by atoms with van der Waals surface area (Å²) in [5.74, 6) is 2.59. The van der Waals surface area contributed by atoms with Crippen LogP contribution in [0.5, 0.6) is 0 Å². The molecule has 0 heterocycles. The minimum Gasteiger partial charge on any atom is -0.0993 e. The molecular weight excluding hydrogens is 120 g/mol. The van der Waals surface area contributed by atoms with Gasteiger partial charge in [-0.05, 0) is 30.6 Å². The molecule has 0 nitrogen and oxygen atoms in total. The Bertz CT molecular complexity index is 176. The summed E-state index contributed by atoms with van der Waals surface area (Å²) in [7, 11) is 0. The summed E-state index contributed by atoms with van der Waals surface area (Å²) in [6.07, 6.45) is 3.95. The summed E-state index contributed by atoms with van der Waals surface area (Å²) in [5, 5.41) is 0. The van der Waals surface area contributed by atoms with Crippen molar-refractivity contribution in [1.29, 1.82) is 0 Å². The molecule has 2 saturated carbocycles. The Morgan fingerprint density at radius 3 is 2.40 bits per heavy atom. The minimum absolute atomic E-state index is 0.594. The summed E-state index contributed by atoms with van der Waals surface area (Å²) < 4.78 is 0. The van der Waals surface area contributed by atoms with Crippen LogP contribution in [-0.4, -0.2) is 0 Å². The monoisotopic (exact) mass is 135 g/mol. The molecule has 2 bridgehead atoms. The third-order valence-corrected chi connectivity index (χ3v) is 3.26. The van der Waals surface area contributed by atoms with E-state index in [2.05, 4.69) is 20.4 Å². The molecule has 1 atom stereocenters. The maximum atomic E-state index is 4.07. The molecular formula is C10H15. The van der Waals surface area contributed by atoms with Crippen LogP contribution in [0.2, 0.25) is 0 Å². The zero-order valence-corrected chi connectivity index (χ0v) is 6.91. The average molecular weight is 135 g/mol. The normalized spacial score (nSPS) is 37.4. The number of rotatable bonds is 0. The van der Waals surface area contributed by atoms with Crippen LogP contribution < -0.4 is 0 Å². The lowest BCUT2D eigenvalue weighted by Gasteiger charge is -2.30. The van der Waals surface area contributed by atoms with Crippen LogP contribution >= 0.6 is 0 Å². The molecule has 0 aromatic carbocycles. The second-order valence-electron chi connectivity index (χ2n) is 4.48. The van der Waals surface area contributed by atoms with Crippen LogP contribution in [0, 0.1) is 17.3 Å². The number of fused-ring (bicyclic) bond motifs is 2. The summed E-state index contributed by atoms with van der Waals surface area (Å²) in [6, 6.07) is 0. The number of hydrogen-bond acceptors (Lipinski definition) is 0. The maximum Gasteiger partial charge on any atom is 0.00112 e. The molecule has 0 aromatic heterocycles. The molecule has 0 aliphatic heterocycles. The van der Waals surface area contributed by atoms with E-state index in [0.29, 0.717) is 5.41 Å². The van der Waals surface area contributed by atoms with E-state index in [4.69, 9.17) is 0 Å². The molecule has 1 radical (unpaired) electrons. The molecule has 55 valence electrons. The second kappa shape index (κ2) is 1.66. The first-order valence-electron chi connectivity index (χ1n) is 4.12.